The first kappa shape index (κ1) is 13.5. The summed E-state index contributed by atoms with van der Waals surface area (Å²) in [5.41, 5.74) is 0.507. The second-order valence-corrected chi connectivity index (χ2v) is 4.33. The third-order valence-electron chi connectivity index (χ3n) is 2.83. The number of amides is 1. The van der Waals surface area contributed by atoms with Gasteiger partial charge in [-0.15, -0.1) is 0 Å². The van der Waals surface area contributed by atoms with Crippen LogP contribution in [0.5, 0.6) is 0 Å². The number of hydrogen-bond acceptors (Lipinski definition) is 3. The van der Waals surface area contributed by atoms with Gasteiger partial charge in [0.15, 0.2) is 0 Å². The van der Waals surface area contributed by atoms with Gasteiger partial charge in [-0.25, -0.2) is 0 Å². The van der Waals surface area contributed by atoms with E-state index in [4.69, 9.17) is 0 Å². The minimum absolute atomic E-state index is 0.177. The average molecular weight is 236 g/mol. The van der Waals surface area contributed by atoms with Crippen molar-refractivity contribution in [1.29, 1.82) is 0 Å². The molecule has 0 heterocycles. The van der Waals surface area contributed by atoms with Crippen molar-refractivity contribution in [1.82, 2.24) is 5.32 Å². The quantitative estimate of drug-likeness (QED) is 0.728. The summed E-state index contributed by atoms with van der Waals surface area (Å²) in [4.78, 5) is 11.9. The first-order valence-electron chi connectivity index (χ1n) is 5.77. The Morgan fingerprint density at radius 3 is 2.65 bits per heavy atom. The summed E-state index contributed by atoms with van der Waals surface area (Å²) in [5.74, 6) is -0.177. The topological polar surface area (TPSA) is 61.4 Å². The van der Waals surface area contributed by atoms with Crippen LogP contribution in [0, 0.1) is 0 Å². The Hall–Kier alpha value is -1.55. The maximum atomic E-state index is 11.9. The first-order valence-corrected chi connectivity index (χ1v) is 5.77. The third kappa shape index (κ3) is 3.75. The number of nitrogens with one attached hydrogen (secondary N) is 2. The van der Waals surface area contributed by atoms with Crippen LogP contribution in [0.15, 0.2) is 24.3 Å². The molecule has 1 amide bonds. The molecule has 17 heavy (non-hydrogen) atoms. The Labute approximate surface area is 102 Å². The number of hydrogen-bond donors (Lipinski definition) is 3. The van der Waals surface area contributed by atoms with Gasteiger partial charge in [0.2, 0.25) is 0 Å². The van der Waals surface area contributed by atoms with Crippen molar-refractivity contribution in [2.75, 3.05) is 18.9 Å². The molecule has 0 aliphatic heterocycles. The molecule has 1 aromatic rings. The molecule has 1 atom stereocenters. The summed E-state index contributed by atoms with van der Waals surface area (Å²) >= 11 is 0. The minimum Gasteiger partial charge on any atom is -0.388 e. The first-order chi connectivity index (χ1) is 8.00. The lowest BCUT2D eigenvalue weighted by atomic mass is 10.0. The Morgan fingerprint density at radius 2 is 2.06 bits per heavy atom. The molecular formula is C13H20N2O2. The number of para-hydroxylation sites is 1. The van der Waals surface area contributed by atoms with E-state index in [9.17, 15) is 9.90 Å². The molecule has 0 spiro atoms. The van der Waals surface area contributed by atoms with Gasteiger partial charge in [-0.1, -0.05) is 19.1 Å². The molecule has 3 N–H and O–H groups in total. The Kier molecular flexibility index (Phi) is 4.52. The van der Waals surface area contributed by atoms with Crippen LogP contribution in [0.4, 0.5) is 5.69 Å². The van der Waals surface area contributed by atoms with Crippen LogP contribution < -0.4 is 10.6 Å². The van der Waals surface area contributed by atoms with Crippen LogP contribution in [0.3, 0.4) is 0 Å². The Balaban J connectivity index is 2.70. The molecule has 0 bridgehead atoms. The van der Waals surface area contributed by atoms with E-state index in [-0.39, 0.29) is 12.5 Å². The van der Waals surface area contributed by atoms with Crippen molar-refractivity contribution >= 4 is 11.6 Å². The molecule has 0 aliphatic carbocycles. The SMILES string of the molecule is CCC(C)(O)CNC(=O)c1ccccc1NC. The van der Waals surface area contributed by atoms with Gasteiger partial charge in [-0.2, -0.15) is 0 Å². The van der Waals surface area contributed by atoms with Crippen LogP contribution in [0.2, 0.25) is 0 Å². The summed E-state index contributed by atoms with van der Waals surface area (Å²) in [6.07, 6.45) is 0.598. The molecule has 0 radical (unpaired) electrons. The van der Waals surface area contributed by atoms with E-state index in [0.717, 1.165) is 5.69 Å². The zero-order chi connectivity index (χ0) is 12.9. The fourth-order valence-corrected chi connectivity index (χ4v) is 1.39. The molecule has 0 aromatic heterocycles. The molecule has 1 rings (SSSR count). The van der Waals surface area contributed by atoms with Gasteiger partial charge in [0.1, 0.15) is 0 Å². The molecule has 0 fully saturated rings. The highest BCUT2D eigenvalue weighted by Gasteiger charge is 2.19. The lowest BCUT2D eigenvalue weighted by Gasteiger charge is -2.21. The lowest BCUT2D eigenvalue weighted by molar-refractivity contribution is 0.0518. The van der Waals surface area contributed by atoms with Crippen molar-refractivity contribution in [3.8, 4) is 0 Å². The van der Waals surface area contributed by atoms with E-state index in [1.807, 2.05) is 25.1 Å². The third-order valence-corrected chi connectivity index (χ3v) is 2.83. The van der Waals surface area contributed by atoms with E-state index < -0.39 is 5.60 Å². The number of anilines is 1. The van der Waals surface area contributed by atoms with Crippen molar-refractivity contribution < 1.29 is 9.90 Å². The number of carbonyl (C=O) groups is 1. The molecule has 0 saturated carbocycles. The molecule has 1 unspecified atom stereocenters. The van der Waals surface area contributed by atoms with Gasteiger partial charge >= 0.3 is 0 Å². The summed E-state index contributed by atoms with van der Waals surface area (Å²) in [5, 5.41) is 15.5. The van der Waals surface area contributed by atoms with Gasteiger partial charge in [-0.05, 0) is 25.5 Å². The van der Waals surface area contributed by atoms with Crippen LogP contribution in [0.1, 0.15) is 30.6 Å². The Morgan fingerprint density at radius 1 is 1.41 bits per heavy atom. The number of carbonyl (C=O) groups excluding carboxylic acids is 1. The van der Waals surface area contributed by atoms with Crippen LogP contribution >= 0.6 is 0 Å². The normalized spacial score (nSPS) is 13.9. The van der Waals surface area contributed by atoms with Gasteiger partial charge < -0.3 is 15.7 Å². The maximum absolute atomic E-state index is 11.9. The lowest BCUT2D eigenvalue weighted by Crippen LogP contribution is -2.40. The van der Waals surface area contributed by atoms with Crippen molar-refractivity contribution in [2.24, 2.45) is 0 Å². The van der Waals surface area contributed by atoms with Gasteiger partial charge in [0.25, 0.3) is 5.91 Å². The largest absolute Gasteiger partial charge is 0.388 e. The predicted octanol–water partition coefficient (Wildman–Crippen LogP) is 1.62. The Bertz CT molecular complexity index is 389. The highest BCUT2D eigenvalue weighted by Crippen LogP contribution is 2.14. The molecule has 4 nitrogen and oxygen atoms in total. The number of aliphatic hydroxyl groups is 1. The maximum Gasteiger partial charge on any atom is 0.253 e. The summed E-state index contributed by atoms with van der Waals surface area (Å²) < 4.78 is 0. The van der Waals surface area contributed by atoms with E-state index >= 15 is 0 Å². The van der Waals surface area contributed by atoms with Gasteiger partial charge in [-0.3, -0.25) is 4.79 Å². The monoisotopic (exact) mass is 236 g/mol. The summed E-state index contributed by atoms with van der Waals surface area (Å²) in [6.45, 7) is 3.84. The summed E-state index contributed by atoms with van der Waals surface area (Å²) in [7, 11) is 1.77. The fourth-order valence-electron chi connectivity index (χ4n) is 1.39. The number of benzene rings is 1. The van der Waals surface area contributed by atoms with Crippen LogP contribution in [-0.2, 0) is 0 Å². The standard InChI is InChI=1S/C13H20N2O2/c1-4-13(2,17)9-15-12(16)10-7-5-6-8-11(10)14-3/h5-8,14,17H,4,9H2,1-3H3,(H,15,16). The fraction of sp³-hybridized carbons (Fsp3) is 0.462. The minimum atomic E-state index is -0.857. The van der Waals surface area contributed by atoms with E-state index in [1.165, 1.54) is 0 Å². The van der Waals surface area contributed by atoms with Crippen molar-refractivity contribution in [3.63, 3.8) is 0 Å². The second kappa shape index (κ2) is 5.68. The molecule has 0 saturated heterocycles. The highest BCUT2D eigenvalue weighted by atomic mass is 16.3. The van der Waals surface area contributed by atoms with E-state index in [0.29, 0.717) is 12.0 Å². The average Bonchev–Trinajstić information content (AvgIpc) is 2.36. The van der Waals surface area contributed by atoms with Gasteiger partial charge in [0.05, 0.1) is 11.2 Å². The molecular weight excluding hydrogens is 216 g/mol. The van der Waals surface area contributed by atoms with Crippen LogP contribution in [-0.4, -0.2) is 30.2 Å². The van der Waals surface area contributed by atoms with Crippen molar-refractivity contribution in [3.05, 3.63) is 29.8 Å². The smallest absolute Gasteiger partial charge is 0.253 e. The van der Waals surface area contributed by atoms with Gasteiger partial charge in [0, 0.05) is 19.3 Å². The van der Waals surface area contributed by atoms with E-state index in [1.54, 1.807) is 20.0 Å². The highest BCUT2D eigenvalue weighted by molar-refractivity contribution is 5.99. The number of rotatable bonds is 5. The zero-order valence-electron chi connectivity index (χ0n) is 10.6. The second-order valence-electron chi connectivity index (χ2n) is 4.33. The zero-order valence-corrected chi connectivity index (χ0v) is 10.6. The van der Waals surface area contributed by atoms with Crippen molar-refractivity contribution in [2.45, 2.75) is 25.9 Å². The van der Waals surface area contributed by atoms with E-state index in [2.05, 4.69) is 10.6 Å². The summed E-state index contributed by atoms with van der Waals surface area (Å²) in [6, 6.07) is 7.27. The molecule has 0 aliphatic rings. The van der Waals surface area contributed by atoms with Crippen LogP contribution in [0.25, 0.3) is 0 Å². The molecule has 4 heteroatoms. The predicted molar refractivity (Wildman–Crippen MR) is 69.2 cm³/mol. The molecule has 94 valence electrons. The molecule has 1 aromatic carbocycles.